The molecule has 10 heteroatoms. The summed E-state index contributed by atoms with van der Waals surface area (Å²) < 4.78 is 4.45. The van der Waals surface area contributed by atoms with E-state index in [2.05, 4.69) is 64.0 Å². The van der Waals surface area contributed by atoms with Crippen molar-refractivity contribution in [2.45, 2.75) is 58.7 Å². The zero-order valence-electron chi connectivity index (χ0n) is 22.8. The number of carbonyl (C=O) groups excluding carboxylic acids is 1. The molecule has 4 aromatic rings. The molecule has 3 aliphatic rings. The van der Waals surface area contributed by atoms with Gasteiger partial charge in [0, 0.05) is 66.2 Å². The molecule has 1 amide bonds. The Balaban J connectivity index is 1.35. The molecule has 0 radical (unpaired) electrons. The molecule has 3 aromatic heterocycles. The maximum Gasteiger partial charge on any atom is 0.245 e. The van der Waals surface area contributed by atoms with E-state index in [1.54, 1.807) is 0 Å². The minimum absolute atomic E-state index is 0.0211. The van der Waals surface area contributed by atoms with E-state index in [1.807, 2.05) is 24.2 Å². The Bertz CT molecular complexity index is 1640. The molecule has 2 aliphatic heterocycles. The Morgan fingerprint density at radius 2 is 1.97 bits per heavy atom. The van der Waals surface area contributed by atoms with Crippen molar-refractivity contribution in [2.24, 2.45) is 5.41 Å². The fourth-order valence-corrected chi connectivity index (χ4v) is 7.45. The molecule has 1 saturated carbocycles. The van der Waals surface area contributed by atoms with Gasteiger partial charge >= 0.3 is 0 Å². The van der Waals surface area contributed by atoms with Crippen LogP contribution in [-0.4, -0.2) is 60.0 Å². The molecule has 39 heavy (non-hydrogen) atoms. The summed E-state index contributed by atoms with van der Waals surface area (Å²) in [6.45, 7) is 15.5. The Labute approximate surface area is 232 Å². The third kappa shape index (κ3) is 3.38. The number of likely N-dealkylation sites (tertiary alicyclic amines) is 1. The number of hydrogen-bond acceptors (Lipinski definition) is 5. The number of aryl methyl sites for hydroxylation is 1. The highest BCUT2D eigenvalue weighted by molar-refractivity contribution is 6.36. The van der Waals surface area contributed by atoms with Crippen molar-refractivity contribution in [3.63, 3.8) is 0 Å². The Morgan fingerprint density at radius 3 is 2.72 bits per heavy atom. The van der Waals surface area contributed by atoms with Crippen LogP contribution in [0.1, 0.15) is 49.8 Å². The minimum atomic E-state index is -0.367. The predicted molar refractivity (Wildman–Crippen MR) is 152 cm³/mol. The van der Waals surface area contributed by atoms with Gasteiger partial charge < -0.3 is 14.4 Å². The summed E-state index contributed by atoms with van der Waals surface area (Å²) in [5, 5.41) is 14.6. The van der Waals surface area contributed by atoms with Crippen molar-refractivity contribution in [3.05, 3.63) is 59.4 Å². The lowest BCUT2D eigenvalue weighted by atomic mass is 9.60. The van der Waals surface area contributed by atoms with Gasteiger partial charge in [-0.2, -0.15) is 10.2 Å². The minimum Gasteiger partial charge on any atom is -0.340 e. The third-order valence-electron chi connectivity index (χ3n) is 9.23. The lowest BCUT2D eigenvalue weighted by Crippen LogP contribution is -2.63. The van der Waals surface area contributed by atoms with Crippen LogP contribution >= 0.6 is 11.6 Å². The van der Waals surface area contributed by atoms with Gasteiger partial charge in [0.05, 0.1) is 28.3 Å². The number of rotatable bonds is 4. The molecule has 1 aromatic carbocycles. The molecule has 2 fully saturated rings. The summed E-state index contributed by atoms with van der Waals surface area (Å²) >= 11 is 7.10. The third-order valence-corrected chi connectivity index (χ3v) is 9.71. The Kier molecular flexibility index (Phi) is 5.15. The largest absolute Gasteiger partial charge is 0.340 e. The molecule has 7 rings (SSSR count). The van der Waals surface area contributed by atoms with Gasteiger partial charge in [0.15, 0.2) is 5.82 Å². The van der Waals surface area contributed by atoms with Crippen LogP contribution in [0.4, 0.5) is 5.82 Å². The SMILES string of the molecule is C=CC(=O)N1CC2(CC(n3nc(N4CCn5ccnc5C4(C)C)c(-c4c(Cl)c(C)cc5[nH]ncc45)c3C)C2)C1. The summed E-state index contributed by atoms with van der Waals surface area (Å²) in [5.74, 6) is 1.98. The van der Waals surface area contributed by atoms with E-state index >= 15 is 0 Å². The van der Waals surface area contributed by atoms with Crippen LogP contribution in [0.15, 0.2) is 37.3 Å². The van der Waals surface area contributed by atoms with Crippen LogP contribution in [0.25, 0.3) is 22.0 Å². The molecule has 1 N–H and O–H groups in total. The molecule has 9 nitrogen and oxygen atoms in total. The molecule has 5 heterocycles. The standard InChI is InChI=1S/C29H33ClN8O/c1-6-22(39)36-15-29(16-36)12-19(13-29)38-18(3)23(24-20-14-32-33-21(20)11-17(2)25(24)30)26(34-38)37-10-9-35-8-7-31-27(35)28(37,4)5/h6-8,11,14,19H,1,9-10,12-13,15-16H2,2-5H3,(H,32,33). The average molecular weight is 545 g/mol. The molecule has 1 aliphatic carbocycles. The lowest BCUT2D eigenvalue weighted by molar-refractivity contribution is -0.149. The zero-order chi connectivity index (χ0) is 27.3. The van der Waals surface area contributed by atoms with Crippen LogP contribution in [0.3, 0.4) is 0 Å². The van der Waals surface area contributed by atoms with Crippen molar-refractivity contribution >= 4 is 34.2 Å². The fraction of sp³-hybridized carbons (Fsp3) is 0.448. The monoisotopic (exact) mass is 544 g/mol. The smallest absolute Gasteiger partial charge is 0.245 e. The van der Waals surface area contributed by atoms with Gasteiger partial charge in [-0.1, -0.05) is 18.2 Å². The first-order valence-electron chi connectivity index (χ1n) is 13.6. The number of aromatic amines is 1. The van der Waals surface area contributed by atoms with Crippen LogP contribution in [0.2, 0.25) is 5.02 Å². The second kappa shape index (κ2) is 8.21. The number of nitrogens with one attached hydrogen (secondary N) is 1. The molecule has 1 spiro atoms. The zero-order valence-corrected chi connectivity index (χ0v) is 23.6. The van der Waals surface area contributed by atoms with E-state index in [4.69, 9.17) is 21.7 Å². The van der Waals surface area contributed by atoms with Gasteiger partial charge in [-0.3, -0.25) is 14.6 Å². The number of imidazole rings is 1. The number of aromatic nitrogens is 6. The van der Waals surface area contributed by atoms with Gasteiger partial charge in [0.25, 0.3) is 0 Å². The van der Waals surface area contributed by atoms with Gasteiger partial charge in [-0.05, 0) is 58.2 Å². The number of anilines is 1. The molecule has 1 saturated heterocycles. The summed E-state index contributed by atoms with van der Waals surface area (Å²) in [6.07, 6.45) is 9.22. The maximum absolute atomic E-state index is 12.0. The van der Waals surface area contributed by atoms with Crippen LogP contribution in [0, 0.1) is 19.3 Å². The number of halogens is 1. The number of H-pyrrole nitrogens is 1. The topological polar surface area (TPSA) is 87.9 Å². The van der Waals surface area contributed by atoms with Crippen molar-refractivity contribution < 1.29 is 4.79 Å². The normalized spacial score (nSPS) is 19.7. The van der Waals surface area contributed by atoms with E-state index in [1.165, 1.54) is 6.08 Å². The Hall–Kier alpha value is -3.59. The van der Waals surface area contributed by atoms with E-state index < -0.39 is 0 Å². The Morgan fingerprint density at radius 1 is 1.21 bits per heavy atom. The van der Waals surface area contributed by atoms with E-state index in [-0.39, 0.29) is 22.9 Å². The molecule has 0 bridgehead atoms. The fourth-order valence-electron chi connectivity index (χ4n) is 7.20. The summed E-state index contributed by atoms with van der Waals surface area (Å²) in [7, 11) is 0. The lowest BCUT2D eigenvalue weighted by Gasteiger charge is -2.58. The first-order valence-corrected chi connectivity index (χ1v) is 13.9. The van der Waals surface area contributed by atoms with Crippen LogP contribution in [-0.2, 0) is 16.9 Å². The second-order valence-corrected chi connectivity index (χ2v) is 12.4. The molecule has 202 valence electrons. The molecular formula is C29H33ClN8O. The summed E-state index contributed by atoms with van der Waals surface area (Å²) in [5.41, 5.74) is 4.92. The number of benzene rings is 1. The number of hydrogen-bond donors (Lipinski definition) is 1. The van der Waals surface area contributed by atoms with Crippen molar-refractivity contribution in [3.8, 4) is 11.1 Å². The van der Waals surface area contributed by atoms with Crippen molar-refractivity contribution in [2.75, 3.05) is 24.5 Å². The number of fused-ring (bicyclic) bond motifs is 2. The highest BCUT2D eigenvalue weighted by atomic mass is 35.5. The quantitative estimate of drug-likeness (QED) is 0.365. The molecule has 0 atom stereocenters. The van der Waals surface area contributed by atoms with Crippen LogP contribution < -0.4 is 4.90 Å². The van der Waals surface area contributed by atoms with Gasteiger partial charge in [-0.25, -0.2) is 4.98 Å². The highest BCUT2D eigenvalue weighted by Gasteiger charge is 2.54. The molecule has 0 unspecified atom stereocenters. The number of amides is 1. The first-order chi connectivity index (χ1) is 18.6. The first kappa shape index (κ1) is 24.5. The van der Waals surface area contributed by atoms with Crippen molar-refractivity contribution in [1.82, 2.24) is 34.4 Å². The van der Waals surface area contributed by atoms with Crippen molar-refractivity contribution in [1.29, 1.82) is 0 Å². The number of carbonyl (C=O) groups is 1. The second-order valence-electron chi connectivity index (χ2n) is 12.1. The summed E-state index contributed by atoms with van der Waals surface area (Å²) in [6, 6.07) is 2.33. The van der Waals surface area contributed by atoms with Crippen LogP contribution in [0.5, 0.6) is 0 Å². The predicted octanol–water partition coefficient (Wildman–Crippen LogP) is 5.00. The van der Waals surface area contributed by atoms with E-state index in [0.717, 1.165) is 89.0 Å². The molecular weight excluding hydrogens is 512 g/mol. The van der Waals surface area contributed by atoms with E-state index in [0.29, 0.717) is 0 Å². The van der Waals surface area contributed by atoms with Gasteiger partial charge in [0.2, 0.25) is 5.91 Å². The maximum atomic E-state index is 12.0. The van der Waals surface area contributed by atoms with Gasteiger partial charge in [-0.15, -0.1) is 0 Å². The number of nitrogens with zero attached hydrogens (tertiary/aromatic N) is 7. The average Bonchev–Trinajstić information content (AvgIpc) is 3.58. The summed E-state index contributed by atoms with van der Waals surface area (Å²) in [4.78, 5) is 21.0. The van der Waals surface area contributed by atoms with Gasteiger partial charge in [0.1, 0.15) is 5.82 Å². The van der Waals surface area contributed by atoms with E-state index in [9.17, 15) is 4.79 Å². The highest BCUT2D eigenvalue weighted by Crippen LogP contribution is 2.56.